The molecule has 1 amide bonds. The van der Waals surface area contributed by atoms with Gasteiger partial charge in [0.25, 0.3) is 11.8 Å². The fourth-order valence-electron chi connectivity index (χ4n) is 2.56. The third-order valence-electron chi connectivity index (χ3n) is 4.02. The fourth-order valence-corrected chi connectivity index (χ4v) is 2.68. The Bertz CT molecular complexity index is 1110. The largest absolute Gasteiger partial charge is 0.334 e. The van der Waals surface area contributed by atoms with Crippen molar-refractivity contribution in [3.05, 3.63) is 89.2 Å². The summed E-state index contributed by atoms with van der Waals surface area (Å²) in [7, 11) is 0. The van der Waals surface area contributed by atoms with Crippen molar-refractivity contribution in [2.24, 2.45) is 0 Å². The lowest BCUT2D eigenvalue weighted by Crippen LogP contribution is -2.11. The highest BCUT2D eigenvalue weighted by atomic mass is 35.5. The molecule has 28 heavy (non-hydrogen) atoms. The van der Waals surface area contributed by atoms with Crippen LogP contribution in [0.2, 0.25) is 5.02 Å². The SMILES string of the molecule is O=C(Nc1ccc(-c2nc(-c3ccc(Cl)cc3)no2)cc1)c1ccc(F)cc1. The third-order valence-corrected chi connectivity index (χ3v) is 4.28. The van der Waals surface area contributed by atoms with Gasteiger partial charge in [0.15, 0.2) is 0 Å². The minimum absolute atomic E-state index is 0.324. The van der Waals surface area contributed by atoms with Crippen LogP contribution < -0.4 is 5.32 Å². The molecule has 3 aromatic carbocycles. The van der Waals surface area contributed by atoms with Crippen LogP contribution in [0.3, 0.4) is 0 Å². The van der Waals surface area contributed by atoms with E-state index >= 15 is 0 Å². The van der Waals surface area contributed by atoms with Gasteiger partial charge >= 0.3 is 0 Å². The van der Waals surface area contributed by atoms with Crippen LogP contribution in [0.5, 0.6) is 0 Å². The molecule has 0 aliphatic rings. The van der Waals surface area contributed by atoms with Crippen LogP contribution in [0, 0.1) is 5.82 Å². The molecule has 1 heterocycles. The van der Waals surface area contributed by atoms with Crippen LogP contribution in [0.15, 0.2) is 77.3 Å². The van der Waals surface area contributed by atoms with E-state index in [-0.39, 0.29) is 5.91 Å². The maximum absolute atomic E-state index is 13.0. The van der Waals surface area contributed by atoms with E-state index in [4.69, 9.17) is 16.1 Å². The zero-order valence-corrected chi connectivity index (χ0v) is 15.2. The Morgan fingerprint density at radius 2 is 1.54 bits per heavy atom. The second-order valence-electron chi connectivity index (χ2n) is 5.97. The molecular weight excluding hydrogens is 381 g/mol. The Balaban J connectivity index is 1.48. The molecule has 0 radical (unpaired) electrons. The summed E-state index contributed by atoms with van der Waals surface area (Å²) in [6.45, 7) is 0. The normalized spacial score (nSPS) is 10.6. The zero-order chi connectivity index (χ0) is 19.5. The van der Waals surface area contributed by atoms with Gasteiger partial charge in [-0.3, -0.25) is 4.79 Å². The van der Waals surface area contributed by atoms with Gasteiger partial charge in [-0.25, -0.2) is 4.39 Å². The lowest BCUT2D eigenvalue weighted by Gasteiger charge is -2.05. The molecule has 0 fully saturated rings. The van der Waals surface area contributed by atoms with Gasteiger partial charge in [-0.05, 0) is 72.8 Å². The summed E-state index contributed by atoms with van der Waals surface area (Å²) in [5, 5.41) is 7.36. The monoisotopic (exact) mass is 393 g/mol. The van der Waals surface area contributed by atoms with Gasteiger partial charge in [-0.2, -0.15) is 4.98 Å². The second-order valence-corrected chi connectivity index (χ2v) is 6.40. The number of nitrogens with one attached hydrogen (secondary N) is 1. The Hall–Kier alpha value is -3.51. The van der Waals surface area contributed by atoms with E-state index in [2.05, 4.69) is 15.5 Å². The highest BCUT2D eigenvalue weighted by molar-refractivity contribution is 6.30. The molecule has 1 aromatic heterocycles. The lowest BCUT2D eigenvalue weighted by molar-refractivity contribution is 0.102. The number of hydrogen-bond donors (Lipinski definition) is 1. The van der Waals surface area contributed by atoms with E-state index in [1.54, 1.807) is 36.4 Å². The molecule has 0 saturated carbocycles. The molecule has 0 spiro atoms. The van der Waals surface area contributed by atoms with E-state index in [9.17, 15) is 9.18 Å². The molecule has 4 aromatic rings. The molecular formula is C21H13ClFN3O2. The predicted octanol–water partition coefficient (Wildman–Crippen LogP) is 5.45. The third kappa shape index (κ3) is 3.92. The van der Waals surface area contributed by atoms with Crippen molar-refractivity contribution < 1.29 is 13.7 Å². The van der Waals surface area contributed by atoms with E-state index in [0.717, 1.165) is 5.56 Å². The second kappa shape index (κ2) is 7.62. The summed E-state index contributed by atoms with van der Waals surface area (Å²) in [5.74, 6) is 0.107. The minimum atomic E-state index is -0.390. The zero-order valence-electron chi connectivity index (χ0n) is 14.4. The van der Waals surface area contributed by atoms with E-state index < -0.39 is 5.82 Å². The number of anilines is 1. The number of rotatable bonds is 4. The van der Waals surface area contributed by atoms with Crippen molar-refractivity contribution in [3.8, 4) is 22.8 Å². The van der Waals surface area contributed by atoms with Crippen LogP contribution in [-0.2, 0) is 0 Å². The summed E-state index contributed by atoms with van der Waals surface area (Å²) >= 11 is 5.89. The smallest absolute Gasteiger partial charge is 0.258 e. The first-order valence-corrected chi connectivity index (χ1v) is 8.73. The first kappa shape index (κ1) is 17.9. The number of hydrogen-bond acceptors (Lipinski definition) is 4. The van der Waals surface area contributed by atoms with Gasteiger partial charge in [0, 0.05) is 27.4 Å². The number of carbonyl (C=O) groups is 1. The number of nitrogens with zero attached hydrogens (tertiary/aromatic N) is 2. The molecule has 0 unspecified atom stereocenters. The highest BCUT2D eigenvalue weighted by Gasteiger charge is 2.11. The topological polar surface area (TPSA) is 68.0 Å². The quantitative estimate of drug-likeness (QED) is 0.500. The van der Waals surface area contributed by atoms with Crippen molar-refractivity contribution >= 4 is 23.2 Å². The average Bonchev–Trinajstić information content (AvgIpc) is 3.20. The van der Waals surface area contributed by atoms with Crippen LogP contribution in [0.1, 0.15) is 10.4 Å². The van der Waals surface area contributed by atoms with Crippen LogP contribution in [-0.4, -0.2) is 16.0 Å². The van der Waals surface area contributed by atoms with Gasteiger partial charge in [-0.15, -0.1) is 0 Å². The molecule has 0 bridgehead atoms. The molecule has 5 nitrogen and oxygen atoms in total. The summed E-state index contributed by atoms with van der Waals surface area (Å²) in [5.41, 5.74) is 2.47. The number of benzene rings is 3. The summed E-state index contributed by atoms with van der Waals surface area (Å²) in [6, 6.07) is 19.4. The van der Waals surface area contributed by atoms with Gasteiger partial charge in [0.05, 0.1) is 0 Å². The Morgan fingerprint density at radius 3 is 2.21 bits per heavy atom. The highest BCUT2D eigenvalue weighted by Crippen LogP contribution is 2.24. The average molecular weight is 394 g/mol. The maximum atomic E-state index is 13.0. The fraction of sp³-hybridized carbons (Fsp3) is 0. The van der Waals surface area contributed by atoms with Gasteiger partial charge in [0.2, 0.25) is 5.82 Å². The van der Waals surface area contributed by atoms with Crippen LogP contribution >= 0.6 is 11.6 Å². The number of halogens is 2. The van der Waals surface area contributed by atoms with Crippen molar-refractivity contribution in [1.29, 1.82) is 0 Å². The molecule has 0 atom stereocenters. The molecule has 1 N–H and O–H groups in total. The lowest BCUT2D eigenvalue weighted by atomic mass is 10.1. The van der Waals surface area contributed by atoms with E-state index in [1.165, 1.54) is 24.3 Å². The van der Waals surface area contributed by atoms with Crippen LogP contribution in [0.4, 0.5) is 10.1 Å². The predicted molar refractivity (Wildman–Crippen MR) is 105 cm³/mol. The van der Waals surface area contributed by atoms with Crippen molar-refractivity contribution in [3.63, 3.8) is 0 Å². The number of amides is 1. The van der Waals surface area contributed by atoms with Crippen molar-refractivity contribution in [2.75, 3.05) is 5.32 Å². The summed E-state index contributed by atoms with van der Waals surface area (Å²) in [4.78, 5) is 16.6. The standard InChI is InChI=1S/C21H13ClFN3O2/c22-16-7-1-13(2-8-16)19-25-21(28-26-19)15-5-11-18(12-6-15)24-20(27)14-3-9-17(23)10-4-14/h1-12H,(H,24,27). The first-order chi connectivity index (χ1) is 13.6. The molecule has 0 aliphatic carbocycles. The minimum Gasteiger partial charge on any atom is -0.334 e. The summed E-state index contributed by atoms with van der Waals surface area (Å²) in [6.07, 6.45) is 0. The van der Waals surface area contributed by atoms with Gasteiger partial charge in [0.1, 0.15) is 5.82 Å². The van der Waals surface area contributed by atoms with Crippen molar-refractivity contribution in [2.45, 2.75) is 0 Å². The maximum Gasteiger partial charge on any atom is 0.258 e. The van der Waals surface area contributed by atoms with Crippen molar-refractivity contribution in [1.82, 2.24) is 10.1 Å². The molecule has 0 saturated heterocycles. The first-order valence-electron chi connectivity index (χ1n) is 8.35. The Labute approximate surface area is 164 Å². The van der Waals surface area contributed by atoms with Gasteiger partial charge in [-0.1, -0.05) is 16.8 Å². The summed E-state index contributed by atoms with van der Waals surface area (Å²) < 4.78 is 18.3. The number of carbonyl (C=O) groups excluding carboxylic acids is 1. The van der Waals surface area contributed by atoms with E-state index in [1.807, 2.05) is 12.1 Å². The molecule has 4 rings (SSSR count). The Kier molecular flexibility index (Phi) is 4.87. The van der Waals surface area contributed by atoms with E-state index in [0.29, 0.717) is 33.6 Å². The molecule has 7 heteroatoms. The van der Waals surface area contributed by atoms with Crippen LogP contribution in [0.25, 0.3) is 22.8 Å². The number of aromatic nitrogens is 2. The molecule has 0 aliphatic heterocycles. The molecule has 138 valence electrons. The van der Waals surface area contributed by atoms with Gasteiger partial charge < -0.3 is 9.84 Å². The Morgan fingerprint density at radius 1 is 0.893 bits per heavy atom.